The fourth-order valence-electron chi connectivity index (χ4n) is 5.29. The van der Waals surface area contributed by atoms with Crippen molar-refractivity contribution in [2.75, 3.05) is 32.6 Å². The van der Waals surface area contributed by atoms with Crippen LogP contribution >= 0.6 is 11.6 Å². The Balaban J connectivity index is 1.33. The van der Waals surface area contributed by atoms with Crippen LogP contribution in [0.4, 0.5) is 10.5 Å². The Labute approximate surface area is 211 Å². The van der Waals surface area contributed by atoms with Gasteiger partial charge in [0.1, 0.15) is 0 Å². The summed E-state index contributed by atoms with van der Waals surface area (Å²) in [6, 6.07) is 10.7. The van der Waals surface area contributed by atoms with Gasteiger partial charge in [-0.25, -0.2) is 4.79 Å². The van der Waals surface area contributed by atoms with E-state index in [4.69, 9.17) is 21.1 Å². The maximum absolute atomic E-state index is 12.8. The second-order valence-electron chi connectivity index (χ2n) is 9.44. The Bertz CT molecular complexity index is 986. The Morgan fingerprint density at radius 1 is 1.09 bits per heavy atom. The number of phenolic OH excluding ortho intramolecular Hbond substituents is 1. The van der Waals surface area contributed by atoms with Crippen molar-refractivity contribution in [3.63, 3.8) is 0 Å². The van der Waals surface area contributed by atoms with E-state index in [0.29, 0.717) is 24.4 Å². The molecule has 4 N–H and O–H groups in total. The molecular weight excluding hydrogens is 470 g/mol. The third kappa shape index (κ3) is 6.31. The molecule has 2 aliphatic rings. The molecule has 0 aromatic heterocycles. The number of carbonyl (C=O) groups excluding carboxylic acids is 1. The standard InChI is InChI=1S/C26H34ClN3O5/c1-34-23-12-19(13-24(35-2)25(23)32)28-26(33)29-21-14-20(31)15-22(21)30-9-7-17(8-10-30)11-16-3-5-18(27)6-4-16/h3-6,12-13,17,20-22,31-32H,7-11,14-15H2,1-2H3,(H2,28,29,33)/t20?,21-,22-/m1/s1. The number of carbonyl (C=O) groups is 1. The number of nitrogens with zero attached hydrogens (tertiary/aromatic N) is 1. The summed E-state index contributed by atoms with van der Waals surface area (Å²) in [4.78, 5) is 15.2. The summed E-state index contributed by atoms with van der Waals surface area (Å²) in [5, 5.41) is 27.0. The Morgan fingerprint density at radius 2 is 1.71 bits per heavy atom. The summed E-state index contributed by atoms with van der Waals surface area (Å²) < 4.78 is 10.3. The van der Waals surface area contributed by atoms with Crippen molar-refractivity contribution in [3.05, 3.63) is 47.0 Å². The van der Waals surface area contributed by atoms with E-state index in [1.54, 1.807) is 0 Å². The van der Waals surface area contributed by atoms with Gasteiger partial charge in [0.25, 0.3) is 0 Å². The lowest BCUT2D eigenvalue weighted by molar-refractivity contribution is 0.109. The fourth-order valence-corrected chi connectivity index (χ4v) is 5.42. The number of hydrogen-bond acceptors (Lipinski definition) is 6. The highest BCUT2D eigenvalue weighted by molar-refractivity contribution is 6.30. The molecule has 1 heterocycles. The molecule has 1 aliphatic carbocycles. The number of likely N-dealkylation sites (tertiary alicyclic amines) is 1. The van der Waals surface area contributed by atoms with Crippen molar-refractivity contribution in [3.8, 4) is 17.2 Å². The minimum Gasteiger partial charge on any atom is -0.502 e. The molecule has 1 unspecified atom stereocenters. The molecular formula is C26H34ClN3O5. The van der Waals surface area contributed by atoms with Crippen LogP contribution in [-0.2, 0) is 6.42 Å². The van der Waals surface area contributed by atoms with Gasteiger partial charge in [0.15, 0.2) is 11.5 Å². The molecule has 2 aromatic rings. The van der Waals surface area contributed by atoms with Crippen molar-refractivity contribution < 1.29 is 24.5 Å². The Hall–Kier alpha value is -2.68. The lowest BCUT2D eigenvalue weighted by Gasteiger charge is -2.38. The van der Waals surface area contributed by atoms with E-state index in [9.17, 15) is 15.0 Å². The van der Waals surface area contributed by atoms with Crippen LogP contribution in [0.15, 0.2) is 36.4 Å². The number of ether oxygens (including phenoxy) is 2. The summed E-state index contributed by atoms with van der Waals surface area (Å²) in [7, 11) is 2.86. The van der Waals surface area contributed by atoms with Crippen LogP contribution in [0.3, 0.4) is 0 Å². The molecule has 4 rings (SSSR count). The van der Waals surface area contributed by atoms with E-state index in [0.717, 1.165) is 37.4 Å². The number of piperidine rings is 1. The lowest BCUT2D eigenvalue weighted by Crippen LogP contribution is -2.52. The van der Waals surface area contributed by atoms with Crippen LogP contribution in [0.5, 0.6) is 17.2 Å². The van der Waals surface area contributed by atoms with Crippen molar-refractivity contribution in [1.82, 2.24) is 10.2 Å². The molecule has 35 heavy (non-hydrogen) atoms. The molecule has 0 radical (unpaired) electrons. The number of urea groups is 1. The number of methoxy groups -OCH3 is 2. The third-order valence-corrected chi connectivity index (χ3v) is 7.37. The minimum atomic E-state index is -0.439. The summed E-state index contributed by atoms with van der Waals surface area (Å²) in [5.74, 6) is 0.901. The second-order valence-corrected chi connectivity index (χ2v) is 9.87. The normalized spacial score (nSPS) is 23.1. The first-order chi connectivity index (χ1) is 16.9. The van der Waals surface area contributed by atoms with Crippen molar-refractivity contribution in [2.24, 2.45) is 5.92 Å². The predicted molar refractivity (Wildman–Crippen MR) is 136 cm³/mol. The number of aliphatic hydroxyl groups is 1. The van der Waals surface area contributed by atoms with Crippen LogP contribution in [0.2, 0.25) is 5.02 Å². The van der Waals surface area contributed by atoms with E-state index in [2.05, 4.69) is 27.7 Å². The maximum Gasteiger partial charge on any atom is 0.319 e. The van der Waals surface area contributed by atoms with Gasteiger partial charge in [-0.3, -0.25) is 4.90 Å². The molecule has 1 aliphatic heterocycles. The Morgan fingerprint density at radius 3 is 2.31 bits per heavy atom. The molecule has 2 aromatic carbocycles. The number of amides is 2. The van der Waals surface area contributed by atoms with Gasteiger partial charge >= 0.3 is 6.03 Å². The fraction of sp³-hybridized carbons (Fsp3) is 0.500. The molecule has 0 spiro atoms. The first-order valence-corrected chi connectivity index (χ1v) is 12.4. The summed E-state index contributed by atoms with van der Waals surface area (Å²) in [6.07, 6.45) is 3.94. The number of halogens is 1. The SMILES string of the molecule is COc1cc(NC(=O)N[C@@H]2CC(O)C[C@H]2N2CCC(Cc3ccc(Cl)cc3)CC2)cc(OC)c1O. The van der Waals surface area contributed by atoms with Gasteiger partial charge in [-0.1, -0.05) is 23.7 Å². The largest absolute Gasteiger partial charge is 0.502 e. The molecule has 3 atom stereocenters. The molecule has 1 saturated heterocycles. The Kier molecular flexibility index (Phi) is 8.26. The van der Waals surface area contributed by atoms with Gasteiger partial charge < -0.3 is 30.3 Å². The van der Waals surface area contributed by atoms with E-state index in [1.165, 1.54) is 31.9 Å². The molecule has 2 amide bonds. The molecule has 0 bridgehead atoms. The average molecular weight is 504 g/mol. The third-order valence-electron chi connectivity index (χ3n) is 7.11. The second kappa shape index (κ2) is 11.4. The molecule has 190 valence electrons. The number of rotatable bonds is 7. The number of aliphatic hydroxyl groups excluding tert-OH is 1. The predicted octanol–water partition coefficient (Wildman–Crippen LogP) is 4.03. The van der Waals surface area contributed by atoms with Gasteiger partial charge in [-0.05, 0) is 68.8 Å². The van der Waals surface area contributed by atoms with Gasteiger partial charge in [-0.15, -0.1) is 0 Å². The van der Waals surface area contributed by atoms with Gasteiger partial charge in [0.05, 0.1) is 26.0 Å². The smallest absolute Gasteiger partial charge is 0.319 e. The number of nitrogens with one attached hydrogen (secondary N) is 2. The monoisotopic (exact) mass is 503 g/mol. The highest BCUT2D eigenvalue weighted by Crippen LogP contribution is 2.39. The zero-order valence-corrected chi connectivity index (χ0v) is 20.9. The topological polar surface area (TPSA) is 103 Å². The average Bonchev–Trinajstić information content (AvgIpc) is 3.21. The summed E-state index contributed by atoms with van der Waals surface area (Å²) in [5.41, 5.74) is 1.75. The van der Waals surface area contributed by atoms with Crippen LogP contribution in [0.25, 0.3) is 0 Å². The number of phenols is 1. The van der Waals surface area contributed by atoms with E-state index in [1.807, 2.05) is 12.1 Å². The number of aromatic hydroxyl groups is 1. The highest BCUT2D eigenvalue weighted by Gasteiger charge is 2.39. The number of hydrogen-bond donors (Lipinski definition) is 4. The van der Waals surface area contributed by atoms with Gasteiger partial charge in [0.2, 0.25) is 5.75 Å². The number of anilines is 1. The molecule has 8 nitrogen and oxygen atoms in total. The molecule has 2 fully saturated rings. The van der Waals surface area contributed by atoms with E-state index < -0.39 is 6.10 Å². The summed E-state index contributed by atoms with van der Waals surface area (Å²) in [6.45, 7) is 1.89. The maximum atomic E-state index is 12.8. The van der Waals surface area contributed by atoms with Crippen molar-refractivity contribution in [2.45, 2.75) is 50.3 Å². The highest BCUT2D eigenvalue weighted by atomic mass is 35.5. The zero-order chi connectivity index (χ0) is 24.9. The summed E-state index contributed by atoms with van der Waals surface area (Å²) >= 11 is 6.00. The first-order valence-electron chi connectivity index (χ1n) is 12.0. The lowest BCUT2D eigenvalue weighted by atomic mass is 9.89. The van der Waals surface area contributed by atoms with Crippen LogP contribution in [-0.4, -0.2) is 66.6 Å². The van der Waals surface area contributed by atoms with Gasteiger partial charge in [-0.2, -0.15) is 0 Å². The zero-order valence-electron chi connectivity index (χ0n) is 20.2. The van der Waals surface area contributed by atoms with E-state index in [-0.39, 0.29) is 35.4 Å². The van der Waals surface area contributed by atoms with Crippen molar-refractivity contribution in [1.29, 1.82) is 0 Å². The van der Waals surface area contributed by atoms with Crippen LogP contribution < -0.4 is 20.1 Å². The van der Waals surface area contributed by atoms with Crippen LogP contribution in [0.1, 0.15) is 31.2 Å². The first kappa shape index (κ1) is 25.4. The molecule has 1 saturated carbocycles. The molecule has 9 heteroatoms. The van der Waals surface area contributed by atoms with Gasteiger partial charge in [0, 0.05) is 29.2 Å². The van der Waals surface area contributed by atoms with Crippen molar-refractivity contribution >= 4 is 23.3 Å². The number of benzene rings is 2. The quantitative estimate of drug-likeness (QED) is 0.425. The van der Waals surface area contributed by atoms with Crippen LogP contribution in [0, 0.1) is 5.92 Å². The minimum absolute atomic E-state index is 0.0936. The van der Waals surface area contributed by atoms with E-state index >= 15 is 0 Å².